The van der Waals surface area contributed by atoms with E-state index in [2.05, 4.69) is 0 Å². The Kier molecular flexibility index (Phi) is 6.84. The molecule has 0 aliphatic carbocycles. The van der Waals surface area contributed by atoms with Crippen molar-refractivity contribution in [1.29, 1.82) is 31.6 Å². The molecule has 0 spiro atoms. The van der Waals surface area contributed by atoms with Crippen molar-refractivity contribution in [2.24, 2.45) is 0 Å². The van der Waals surface area contributed by atoms with Crippen molar-refractivity contribution in [3.05, 3.63) is 67.8 Å². The Morgan fingerprint density at radius 2 is 1.14 bits per heavy atom. The second kappa shape index (κ2) is 9.24. The molecule has 0 fully saturated rings. The minimum atomic E-state index is -5.48. The highest BCUT2D eigenvalue weighted by atomic mass is 19.4. The average Bonchev–Trinajstić information content (AvgIpc) is 2.79. The molecule has 0 amide bonds. The predicted molar refractivity (Wildman–Crippen MR) is 99.0 cm³/mol. The highest BCUT2D eigenvalue weighted by Crippen LogP contribution is 2.40. The molecule has 0 atom stereocenters. The molecule has 13 heteroatoms. The van der Waals surface area contributed by atoms with E-state index in [-0.39, 0.29) is 12.1 Å². The van der Waals surface area contributed by atoms with Crippen LogP contribution < -0.4 is 10.4 Å². The normalized spacial score (nSPS) is 11.6. The Labute approximate surface area is 190 Å². The van der Waals surface area contributed by atoms with E-state index in [9.17, 15) is 42.1 Å². The van der Waals surface area contributed by atoms with Crippen LogP contribution in [0, 0.1) is 73.8 Å². The van der Waals surface area contributed by atoms with E-state index in [1.54, 1.807) is 0 Å². The minimum absolute atomic E-state index is 0.0491. The molecule has 0 heterocycles. The van der Waals surface area contributed by atoms with Crippen LogP contribution in [0.15, 0.2) is 18.2 Å². The summed E-state index contributed by atoms with van der Waals surface area (Å²) < 4.78 is 95.9. The van der Waals surface area contributed by atoms with Gasteiger partial charge in [-0.25, -0.2) is 4.39 Å². The molecule has 2 rings (SSSR count). The first-order valence-corrected chi connectivity index (χ1v) is 8.65. The summed E-state index contributed by atoms with van der Waals surface area (Å²) in [5.41, 5.74) is -10.9. The fourth-order valence-corrected chi connectivity index (χ4v) is 3.06. The fourth-order valence-electron chi connectivity index (χ4n) is 3.06. The van der Waals surface area contributed by atoms with Crippen LogP contribution in [0.2, 0.25) is 0 Å². The number of rotatable bonds is 1. The summed E-state index contributed by atoms with van der Waals surface area (Å²) in [5, 5.41) is 53.4. The van der Waals surface area contributed by atoms with Gasteiger partial charge in [-0.15, -0.1) is 0 Å². The van der Waals surface area contributed by atoms with Crippen molar-refractivity contribution < 1.29 is 30.7 Å². The molecule has 0 saturated heterocycles. The van der Waals surface area contributed by atoms with Crippen molar-refractivity contribution in [2.75, 3.05) is 0 Å². The van der Waals surface area contributed by atoms with Crippen molar-refractivity contribution in [1.82, 2.24) is 0 Å². The van der Waals surface area contributed by atoms with Gasteiger partial charge in [0.25, 0.3) is 0 Å². The zero-order valence-electron chi connectivity index (χ0n) is 16.6. The standard InChI is InChI=1S/C22H3F7N6/c23-20-15(8-34)13(1-11(4-30)19(20)12(5-31)6-32)14(7-33)10-2-17(21(24,25)26)16(9-35)18(3-10)22(27,28)29/h1-3H/b14-13+. The van der Waals surface area contributed by atoms with Gasteiger partial charge in [-0.1, -0.05) is 0 Å². The van der Waals surface area contributed by atoms with Crippen molar-refractivity contribution >= 4 is 11.1 Å². The fraction of sp³-hybridized carbons (Fsp3) is 0.0909. The third kappa shape index (κ3) is 4.57. The average molecular weight is 484 g/mol. The summed E-state index contributed by atoms with van der Waals surface area (Å²) >= 11 is 0. The van der Waals surface area contributed by atoms with E-state index in [0.717, 1.165) is 6.07 Å². The Balaban J connectivity index is 3.33. The zero-order chi connectivity index (χ0) is 26.7. The van der Waals surface area contributed by atoms with E-state index in [0.29, 0.717) is 6.07 Å². The summed E-state index contributed by atoms with van der Waals surface area (Å²) in [4.78, 5) is 0. The highest BCUT2D eigenvalue weighted by molar-refractivity contribution is 5.80. The molecular weight excluding hydrogens is 481 g/mol. The molecule has 0 aliphatic heterocycles. The lowest BCUT2D eigenvalue weighted by molar-refractivity contribution is -0.143. The van der Waals surface area contributed by atoms with E-state index in [1.165, 1.54) is 30.3 Å². The molecule has 35 heavy (non-hydrogen) atoms. The minimum Gasteiger partial charge on any atom is -0.205 e. The zero-order valence-corrected chi connectivity index (χ0v) is 16.6. The first-order valence-electron chi connectivity index (χ1n) is 8.65. The lowest BCUT2D eigenvalue weighted by atomic mass is 9.91. The van der Waals surface area contributed by atoms with Crippen LogP contribution in [0.1, 0.15) is 33.4 Å². The Hall–Kier alpha value is -5.37. The van der Waals surface area contributed by atoms with Crippen LogP contribution in [0.5, 0.6) is 0 Å². The number of alkyl halides is 6. The summed E-state index contributed by atoms with van der Waals surface area (Å²) in [6, 6.07) is 8.07. The first-order chi connectivity index (χ1) is 16.3. The molecule has 0 radical (unpaired) electrons. The van der Waals surface area contributed by atoms with Crippen LogP contribution in [0.4, 0.5) is 30.7 Å². The SMILES string of the molecule is N#CC(C#N)=c1c(C#N)c/c(=C(/C#N)c2cc(C(F)(F)F)c(C#N)c(C(F)(F)F)c2)c(C#N)c1F. The van der Waals surface area contributed by atoms with Gasteiger partial charge in [-0.05, 0) is 23.8 Å². The summed E-state index contributed by atoms with van der Waals surface area (Å²) in [7, 11) is 0. The van der Waals surface area contributed by atoms with E-state index < -0.39 is 73.1 Å². The van der Waals surface area contributed by atoms with Crippen LogP contribution in [0.3, 0.4) is 0 Å². The molecule has 170 valence electrons. The number of hydrogen-bond donors (Lipinski definition) is 0. The van der Waals surface area contributed by atoms with Crippen molar-refractivity contribution in [3.8, 4) is 36.4 Å². The maximum Gasteiger partial charge on any atom is 0.417 e. The monoisotopic (exact) mass is 484 g/mol. The third-order valence-corrected chi connectivity index (χ3v) is 4.50. The summed E-state index contributed by atoms with van der Waals surface area (Å²) in [6.07, 6.45) is -11.0. The second-order valence-corrected chi connectivity index (χ2v) is 6.40. The second-order valence-electron chi connectivity index (χ2n) is 6.40. The number of nitriles is 6. The number of hydrogen-bond acceptors (Lipinski definition) is 6. The molecule has 0 N–H and O–H groups in total. The van der Waals surface area contributed by atoms with Gasteiger partial charge in [-0.2, -0.15) is 57.9 Å². The maximum absolute atomic E-state index is 15.1. The Morgan fingerprint density at radius 1 is 0.657 bits per heavy atom. The lowest BCUT2D eigenvalue weighted by Gasteiger charge is -2.17. The van der Waals surface area contributed by atoms with Crippen LogP contribution >= 0.6 is 0 Å². The molecule has 0 unspecified atom stereocenters. The Bertz CT molecular complexity index is 1590. The highest BCUT2D eigenvalue weighted by Gasteiger charge is 2.42. The van der Waals surface area contributed by atoms with Crippen molar-refractivity contribution in [3.63, 3.8) is 0 Å². The third-order valence-electron chi connectivity index (χ3n) is 4.50. The van der Waals surface area contributed by atoms with Gasteiger partial charge in [0.05, 0.1) is 44.7 Å². The topological polar surface area (TPSA) is 143 Å². The van der Waals surface area contributed by atoms with Crippen LogP contribution in [-0.2, 0) is 12.4 Å². The van der Waals surface area contributed by atoms with Crippen LogP contribution in [-0.4, -0.2) is 0 Å². The summed E-state index contributed by atoms with van der Waals surface area (Å²) in [6.45, 7) is 0. The smallest absolute Gasteiger partial charge is 0.205 e. The Morgan fingerprint density at radius 3 is 1.49 bits per heavy atom. The van der Waals surface area contributed by atoms with Gasteiger partial charge in [0.2, 0.25) is 0 Å². The van der Waals surface area contributed by atoms with Crippen molar-refractivity contribution in [2.45, 2.75) is 12.4 Å². The van der Waals surface area contributed by atoms with Gasteiger partial charge in [0, 0.05) is 5.22 Å². The number of halogens is 7. The predicted octanol–water partition coefficient (Wildman–Crippen LogP) is 3.40. The van der Waals surface area contributed by atoms with Crippen LogP contribution in [0.25, 0.3) is 11.1 Å². The maximum atomic E-state index is 15.1. The van der Waals surface area contributed by atoms with E-state index in [1.807, 2.05) is 0 Å². The molecule has 6 nitrogen and oxygen atoms in total. The number of benzene rings is 2. The molecule has 0 bridgehead atoms. The summed E-state index contributed by atoms with van der Waals surface area (Å²) in [5.74, 6) is -1.66. The first kappa shape index (κ1) is 25.9. The molecule has 0 aromatic heterocycles. The van der Waals surface area contributed by atoms with Gasteiger partial charge in [-0.3, -0.25) is 0 Å². The number of nitrogens with zero attached hydrogens (tertiary/aromatic N) is 6. The molecular formula is C22H3F7N6. The molecule has 0 aliphatic rings. The van der Waals surface area contributed by atoms with Gasteiger partial charge in [0.15, 0.2) is 5.82 Å². The van der Waals surface area contributed by atoms with E-state index >= 15 is 4.39 Å². The largest absolute Gasteiger partial charge is 0.417 e. The van der Waals surface area contributed by atoms with Gasteiger partial charge < -0.3 is 0 Å². The quantitative estimate of drug-likeness (QED) is 0.568. The molecule has 0 saturated carbocycles. The lowest BCUT2D eigenvalue weighted by Crippen LogP contribution is -2.26. The van der Waals surface area contributed by atoms with Gasteiger partial charge in [0.1, 0.15) is 35.9 Å². The van der Waals surface area contributed by atoms with E-state index in [4.69, 9.17) is 15.8 Å². The van der Waals surface area contributed by atoms with Gasteiger partial charge >= 0.3 is 12.4 Å². The molecule has 2 aromatic carbocycles. The molecule has 2 aromatic rings.